The Labute approximate surface area is 95.2 Å². The monoisotopic (exact) mass is 229 g/mol. The standard InChI is InChI=1S/C11H19NO4/c1-4-9(13)5-6-12-10(14)7(2)8(3)11(15)16/h9,13H,4-6H2,1-3H3,(H,12,14)(H,15,16). The summed E-state index contributed by atoms with van der Waals surface area (Å²) in [6.45, 7) is 5.05. The molecule has 5 heteroatoms. The Morgan fingerprint density at radius 3 is 2.25 bits per heavy atom. The van der Waals surface area contributed by atoms with Gasteiger partial charge in [0.2, 0.25) is 5.91 Å². The number of aliphatic hydroxyl groups excluding tert-OH is 1. The Bertz CT molecular complexity index is 296. The normalized spacial score (nSPS) is 14.0. The van der Waals surface area contributed by atoms with E-state index in [-0.39, 0.29) is 11.1 Å². The lowest BCUT2D eigenvalue weighted by molar-refractivity contribution is -0.133. The van der Waals surface area contributed by atoms with Crippen LogP contribution in [-0.2, 0) is 9.59 Å². The van der Waals surface area contributed by atoms with Crippen molar-refractivity contribution in [2.45, 2.75) is 39.7 Å². The summed E-state index contributed by atoms with van der Waals surface area (Å²) in [5.41, 5.74) is 0.229. The molecule has 1 atom stereocenters. The first-order chi connectivity index (χ1) is 7.40. The summed E-state index contributed by atoms with van der Waals surface area (Å²) < 4.78 is 0. The number of carboxylic acids is 1. The zero-order valence-electron chi connectivity index (χ0n) is 9.91. The van der Waals surface area contributed by atoms with Crippen molar-refractivity contribution in [1.29, 1.82) is 0 Å². The Hall–Kier alpha value is -1.36. The van der Waals surface area contributed by atoms with Gasteiger partial charge in [0.25, 0.3) is 0 Å². The minimum Gasteiger partial charge on any atom is -0.478 e. The number of nitrogens with one attached hydrogen (secondary N) is 1. The fraction of sp³-hybridized carbons (Fsp3) is 0.636. The van der Waals surface area contributed by atoms with Crippen LogP contribution in [0.4, 0.5) is 0 Å². The number of amides is 1. The largest absolute Gasteiger partial charge is 0.478 e. The van der Waals surface area contributed by atoms with Crippen molar-refractivity contribution in [1.82, 2.24) is 5.32 Å². The fourth-order valence-electron chi connectivity index (χ4n) is 1.02. The zero-order chi connectivity index (χ0) is 12.7. The number of carboxylic acid groups (broad SMARTS) is 1. The van der Waals surface area contributed by atoms with Crippen LogP contribution >= 0.6 is 0 Å². The van der Waals surface area contributed by atoms with Gasteiger partial charge in [-0.25, -0.2) is 4.79 Å². The van der Waals surface area contributed by atoms with Crippen LogP contribution in [0.25, 0.3) is 0 Å². The summed E-state index contributed by atoms with van der Waals surface area (Å²) in [4.78, 5) is 22.0. The van der Waals surface area contributed by atoms with E-state index in [0.717, 1.165) is 0 Å². The molecule has 0 aromatic carbocycles. The topological polar surface area (TPSA) is 86.6 Å². The van der Waals surface area contributed by atoms with Gasteiger partial charge in [-0.1, -0.05) is 6.92 Å². The lowest BCUT2D eigenvalue weighted by Crippen LogP contribution is -2.28. The summed E-state index contributed by atoms with van der Waals surface area (Å²) >= 11 is 0. The first-order valence-corrected chi connectivity index (χ1v) is 5.27. The van der Waals surface area contributed by atoms with E-state index in [0.29, 0.717) is 19.4 Å². The third kappa shape index (κ3) is 4.93. The van der Waals surface area contributed by atoms with Gasteiger partial charge in [0.1, 0.15) is 0 Å². The van der Waals surface area contributed by atoms with Gasteiger partial charge >= 0.3 is 5.97 Å². The van der Waals surface area contributed by atoms with Crippen LogP contribution in [0.15, 0.2) is 11.1 Å². The SMILES string of the molecule is CCC(O)CCNC(=O)C(C)=C(C)C(=O)O. The molecule has 0 spiro atoms. The second kappa shape index (κ2) is 7.00. The van der Waals surface area contributed by atoms with Crippen LogP contribution in [0.5, 0.6) is 0 Å². The maximum atomic E-state index is 11.4. The van der Waals surface area contributed by atoms with E-state index in [1.54, 1.807) is 0 Å². The van der Waals surface area contributed by atoms with Gasteiger partial charge in [-0.3, -0.25) is 4.79 Å². The van der Waals surface area contributed by atoms with Gasteiger partial charge in [0.15, 0.2) is 0 Å². The van der Waals surface area contributed by atoms with E-state index < -0.39 is 18.0 Å². The van der Waals surface area contributed by atoms with Crippen molar-refractivity contribution in [3.05, 3.63) is 11.1 Å². The van der Waals surface area contributed by atoms with Crippen LogP contribution in [0, 0.1) is 0 Å². The number of carbonyl (C=O) groups is 2. The number of carbonyl (C=O) groups excluding carboxylic acids is 1. The minimum atomic E-state index is -1.10. The number of aliphatic hydroxyl groups is 1. The Balaban J connectivity index is 4.18. The molecule has 0 aliphatic heterocycles. The van der Waals surface area contributed by atoms with Gasteiger partial charge in [-0.15, -0.1) is 0 Å². The highest BCUT2D eigenvalue weighted by atomic mass is 16.4. The molecule has 3 N–H and O–H groups in total. The number of aliphatic carboxylic acids is 1. The summed E-state index contributed by atoms with van der Waals surface area (Å²) in [5, 5.41) is 20.5. The van der Waals surface area contributed by atoms with Gasteiger partial charge in [0, 0.05) is 17.7 Å². The Morgan fingerprint density at radius 2 is 1.81 bits per heavy atom. The fourth-order valence-corrected chi connectivity index (χ4v) is 1.02. The average molecular weight is 229 g/mol. The second-order valence-electron chi connectivity index (χ2n) is 3.66. The first-order valence-electron chi connectivity index (χ1n) is 5.27. The summed E-state index contributed by atoms with van der Waals surface area (Å²) in [6.07, 6.45) is 0.686. The van der Waals surface area contributed by atoms with E-state index in [2.05, 4.69) is 5.32 Å². The molecule has 1 amide bonds. The maximum absolute atomic E-state index is 11.4. The average Bonchev–Trinajstić information content (AvgIpc) is 2.26. The molecule has 0 aliphatic carbocycles. The van der Waals surface area contributed by atoms with Crippen LogP contribution in [0.3, 0.4) is 0 Å². The maximum Gasteiger partial charge on any atom is 0.331 e. The highest BCUT2D eigenvalue weighted by Gasteiger charge is 2.12. The molecule has 0 aromatic rings. The molecule has 92 valence electrons. The molecule has 0 aromatic heterocycles. The molecule has 16 heavy (non-hydrogen) atoms. The minimum absolute atomic E-state index is 0.0357. The predicted molar refractivity (Wildman–Crippen MR) is 59.9 cm³/mol. The van der Waals surface area contributed by atoms with Crippen molar-refractivity contribution in [3.63, 3.8) is 0 Å². The van der Waals surface area contributed by atoms with E-state index in [9.17, 15) is 14.7 Å². The van der Waals surface area contributed by atoms with Crippen molar-refractivity contribution in [2.75, 3.05) is 6.54 Å². The number of rotatable bonds is 6. The second-order valence-corrected chi connectivity index (χ2v) is 3.66. The summed E-state index contributed by atoms with van der Waals surface area (Å²) in [5.74, 6) is -1.50. The van der Waals surface area contributed by atoms with Crippen molar-refractivity contribution in [3.8, 4) is 0 Å². The van der Waals surface area contributed by atoms with Crippen molar-refractivity contribution >= 4 is 11.9 Å². The third-order valence-electron chi connectivity index (χ3n) is 2.46. The lowest BCUT2D eigenvalue weighted by atomic mass is 10.1. The molecule has 5 nitrogen and oxygen atoms in total. The zero-order valence-corrected chi connectivity index (χ0v) is 9.91. The number of hydrogen-bond donors (Lipinski definition) is 3. The highest BCUT2D eigenvalue weighted by Crippen LogP contribution is 2.03. The molecule has 0 aliphatic rings. The summed E-state index contributed by atoms with van der Waals surface area (Å²) in [6, 6.07) is 0. The van der Waals surface area contributed by atoms with Gasteiger partial charge < -0.3 is 15.5 Å². The molecule has 1 unspecified atom stereocenters. The van der Waals surface area contributed by atoms with Gasteiger partial charge in [-0.05, 0) is 26.7 Å². The quantitative estimate of drug-likeness (QED) is 0.585. The molecule has 0 radical (unpaired) electrons. The summed E-state index contributed by atoms with van der Waals surface area (Å²) in [7, 11) is 0. The van der Waals surface area contributed by atoms with E-state index in [4.69, 9.17) is 5.11 Å². The third-order valence-corrected chi connectivity index (χ3v) is 2.46. The highest BCUT2D eigenvalue weighted by molar-refractivity contribution is 6.01. The van der Waals surface area contributed by atoms with Crippen LogP contribution in [-0.4, -0.2) is 34.7 Å². The van der Waals surface area contributed by atoms with Gasteiger partial charge in [0.05, 0.1) is 6.10 Å². The van der Waals surface area contributed by atoms with Gasteiger partial charge in [-0.2, -0.15) is 0 Å². The lowest BCUT2D eigenvalue weighted by Gasteiger charge is -2.09. The number of hydrogen-bond acceptors (Lipinski definition) is 3. The molecule has 0 saturated carbocycles. The molecule has 0 bridgehead atoms. The van der Waals surface area contributed by atoms with E-state index >= 15 is 0 Å². The van der Waals surface area contributed by atoms with Crippen LogP contribution in [0.1, 0.15) is 33.6 Å². The smallest absolute Gasteiger partial charge is 0.331 e. The van der Waals surface area contributed by atoms with E-state index in [1.165, 1.54) is 13.8 Å². The molecule has 0 rings (SSSR count). The van der Waals surface area contributed by atoms with Crippen LogP contribution in [0.2, 0.25) is 0 Å². The molecule has 0 fully saturated rings. The molecule has 0 saturated heterocycles. The molecular weight excluding hydrogens is 210 g/mol. The van der Waals surface area contributed by atoms with E-state index in [1.807, 2.05) is 6.92 Å². The molecule has 0 heterocycles. The van der Waals surface area contributed by atoms with Crippen molar-refractivity contribution in [2.24, 2.45) is 0 Å². The predicted octanol–water partition coefficient (Wildman–Crippen LogP) is 0.685. The van der Waals surface area contributed by atoms with Crippen LogP contribution < -0.4 is 5.32 Å². The first kappa shape index (κ1) is 14.6. The Morgan fingerprint density at radius 1 is 1.25 bits per heavy atom. The van der Waals surface area contributed by atoms with Crippen molar-refractivity contribution < 1.29 is 19.8 Å². The molecular formula is C11H19NO4. The Kier molecular flexibility index (Phi) is 6.41.